The average Bonchev–Trinajstić information content (AvgIpc) is 3.43. The van der Waals surface area contributed by atoms with Crippen LogP contribution in [0.3, 0.4) is 0 Å². The zero-order valence-corrected chi connectivity index (χ0v) is 22.2. The molecule has 0 aromatic heterocycles. The summed E-state index contributed by atoms with van der Waals surface area (Å²) in [5.74, 6) is -3.90. The maximum absolute atomic E-state index is 12.8. The number of ether oxygens (including phenoxy) is 2. The lowest BCUT2D eigenvalue weighted by molar-refractivity contribution is 0.0425. The summed E-state index contributed by atoms with van der Waals surface area (Å²) < 4.78 is 9.16. The van der Waals surface area contributed by atoms with E-state index in [1.54, 1.807) is 12.1 Å². The van der Waals surface area contributed by atoms with Crippen molar-refractivity contribution < 1.29 is 38.2 Å². The van der Waals surface area contributed by atoms with Crippen molar-refractivity contribution in [1.82, 2.24) is 0 Å². The molecule has 4 aromatic rings. The molecule has 0 fully saturated rings. The Bertz CT molecular complexity index is 1790. The maximum Gasteiger partial charge on any atom is 0.346 e. The van der Waals surface area contributed by atoms with E-state index in [0.29, 0.717) is 11.4 Å². The van der Waals surface area contributed by atoms with Crippen LogP contribution in [0.5, 0.6) is 0 Å². The third kappa shape index (κ3) is 4.60. The highest BCUT2D eigenvalue weighted by Gasteiger charge is 2.31. The second-order valence-corrected chi connectivity index (χ2v) is 9.84. The molecule has 206 valence electrons. The van der Waals surface area contributed by atoms with E-state index in [1.807, 2.05) is 38.1 Å². The lowest BCUT2D eigenvalue weighted by Crippen LogP contribution is -2.14. The number of amides is 2. The monoisotopic (exact) mass is 560 g/mol. The van der Waals surface area contributed by atoms with E-state index in [0.717, 1.165) is 22.3 Å². The predicted molar refractivity (Wildman–Crippen MR) is 150 cm³/mol. The van der Waals surface area contributed by atoms with Crippen LogP contribution in [0.15, 0.2) is 72.8 Å². The van der Waals surface area contributed by atoms with Crippen molar-refractivity contribution in [3.8, 4) is 11.1 Å². The number of hydrogen-bond acceptors (Lipinski definition) is 8. The number of aryl methyl sites for hydroxylation is 2. The first-order valence-corrected chi connectivity index (χ1v) is 12.7. The van der Waals surface area contributed by atoms with Gasteiger partial charge in [0.05, 0.1) is 22.3 Å². The predicted octanol–water partition coefficient (Wildman–Crippen LogP) is 5.10. The summed E-state index contributed by atoms with van der Waals surface area (Å²) in [7, 11) is 0. The van der Waals surface area contributed by atoms with Crippen LogP contribution in [0, 0.1) is 13.8 Å². The summed E-state index contributed by atoms with van der Waals surface area (Å²) in [5.41, 5.74) is 5.30. The molecule has 0 unspecified atom stereocenters. The minimum absolute atomic E-state index is 0.0585. The van der Waals surface area contributed by atoms with E-state index in [9.17, 15) is 28.8 Å². The van der Waals surface area contributed by atoms with E-state index in [-0.39, 0.29) is 33.4 Å². The van der Waals surface area contributed by atoms with Gasteiger partial charge in [-0.25, -0.2) is 19.2 Å². The van der Waals surface area contributed by atoms with Gasteiger partial charge >= 0.3 is 23.9 Å². The summed E-state index contributed by atoms with van der Waals surface area (Å²) in [4.78, 5) is 72.7. The molecule has 2 heterocycles. The zero-order valence-electron chi connectivity index (χ0n) is 22.2. The van der Waals surface area contributed by atoms with Gasteiger partial charge in [0.15, 0.2) is 0 Å². The van der Waals surface area contributed by atoms with Gasteiger partial charge in [0.1, 0.15) is 0 Å². The van der Waals surface area contributed by atoms with Gasteiger partial charge in [0.25, 0.3) is 11.8 Å². The summed E-state index contributed by atoms with van der Waals surface area (Å²) in [5, 5.41) is 5.66. The first-order chi connectivity index (χ1) is 20.1. The van der Waals surface area contributed by atoms with Crippen molar-refractivity contribution in [1.29, 1.82) is 0 Å². The van der Waals surface area contributed by atoms with Gasteiger partial charge in [0, 0.05) is 22.5 Å². The van der Waals surface area contributed by atoms with Gasteiger partial charge in [0.2, 0.25) is 0 Å². The van der Waals surface area contributed by atoms with Crippen LogP contribution in [0.1, 0.15) is 73.3 Å². The Labute approximate surface area is 238 Å². The van der Waals surface area contributed by atoms with Crippen LogP contribution < -0.4 is 10.6 Å². The molecule has 0 atom stereocenters. The molecule has 0 radical (unpaired) electrons. The summed E-state index contributed by atoms with van der Waals surface area (Å²) in [6, 6.07) is 19.4. The van der Waals surface area contributed by atoms with Crippen LogP contribution in [-0.2, 0) is 9.47 Å². The number of carbonyl (C=O) groups excluding carboxylic acids is 6. The third-order valence-corrected chi connectivity index (χ3v) is 7.10. The van der Waals surface area contributed by atoms with E-state index in [4.69, 9.17) is 0 Å². The Balaban J connectivity index is 1.16. The fourth-order valence-electron chi connectivity index (χ4n) is 4.81. The van der Waals surface area contributed by atoms with Crippen molar-refractivity contribution in [3.05, 3.63) is 117 Å². The average molecular weight is 561 g/mol. The number of esters is 4. The van der Waals surface area contributed by atoms with Crippen LogP contribution in [0.25, 0.3) is 11.1 Å². The Morgan fingerprint density at radius 2 is 0.881 bits per heavy atom. The second kappa shape index (κ2) is 9.93. The molecule has 2 amide bonds. The number of anilines is 2. The standard InChI is InChI=1S/C32H20N2O8/c1-15-11-17(5-9-25(15)33-27(35)19-3-7-21-23(13-19)31(39)41-29(21)37)18-6-10-26(16(2)12-18)34-28(36)20-4-8-22-24(14-20)32(40)42-30(22)38/h3-14H,1-2H3,(H,33,35)(H,34,36). The van der Waals surface area contributed by atoms with Gasteiger partial charge in [-0.3, -0.25) is 9.59 Å². The maximum atomic E-state index is 12.8. The molecular weight excluding hydrogens is 540 g/mol. The lowest BCUT2D eigenvalue weighted by Gasteiger charge is -2.13. The lowest BCUT2D eigenvalue weighted by atomic mass is 9.99. The molecule has 2 aliphatic heterocycles. The summed E-state index contributed by atoms with van der Waals surface area (Å²) >= 11 is 0. The fraction of sp³-hybridized carbons (Fsp3) is 0.0625. The molecule has 6 rings (SSSR count). The third-order valence-electron chi connectivity index (χ3n) is 7.10. The number of carbonyl (C=O) groups is 6. The van der Waals surface area contributed by atoms with Gasteiger partial charge in [-0.1, -0.05) is 12.1 Å². The van der Waals surface area contributed by atoms with Crippen molar-refractivity contribution in [2.24, 2.45) is 0 Å². The Kier molecular flexibility index (Phi) is 6.23. The van der Waals surface area contributed by atoms with Gasteiger partial charge < -0.3 is 20.1 Å². The smallest absolute Gasteiger partial charge is 0.346 e. The topological polar surface area (TPSA) is 145 Å². The number of fused-ring (bicyclic) bond motifs is 2. The minimum Gasteiger partial charge on any atom is -0.386 e. The zero-order chi connectivity index (χ0) is 29.7. The first-order valence-electron chi connectivity index (χ1n) is 12.7. The van der Waals surface area contributed by atoms with E-state index in [2.05, 4.69) is 20.1 Å². The van der Waals surface area contributed by atoms with Crippen LogP contribution in [0.2, 0.25) is 0 Å². The van der Waals surface area contributed by atoms with Crippen molar-refractivity contribution in [3.63, 3.8) is 0 Å². The van der Waals surface area contributed by atoms with E-state index < -0.39 is 35.7 Å². The van der Waals surface area contributed by atoms with Crippen molar-refractivity contribution in [2.75, 3.05) is 10.6 Å². The molecule has 0 spiro atoms. The Morgan fingerprint density at radius 3 is 1.26 bits per heavy atom. The number of nitrogens with one attached hydrogen (secondary N) is 2. The van der Waals surface area contributed by atoms with E-state index >= 15 is 0 Å². The number of hydrogen-bond donors (Lipinski definition) is 2. The summed E-state index contributed by atoms with van der Waals surface area (Å²) in [6.07, 6.45) is 0. The first kappa shape index (κ1) is 26.3. The van der Waals surface area contributed by atoms with Crippen LogP contribution in [-0.4, -0.2) is 35.7 Å². The molecule has 0 saturated carbocycles. The highest BCUT2D eigenvalue weighted by molar-refractivity contribution is 6.17. The number of benzene rings is 4. The molecule has 0 aliphatic carbocycles. The largest absolute Gasteiger partial charge is 0.386 e. The molecular formula is C32H20N2O8. The van der Waals surface area contributed by atoms with Gasteiger partial charge in [-0.05, 0) is 96.8 Å². The normalized spacial score (nSPS) is 13.3. The highest BCUT2D eigenvalue weighted by atomic mass is 16.6. The quantitative estimate of drug-likeness (QED) is 0.253. The molecule has 10 heteroatoms. The van der Waals surface area contributed by atoms with Crippen molar-refractivity contribution in [2.45, 2.75) is 13.8 Å². The molecule has 42 heavy (non-hydrogen) atoms. The SMILES string of the molecule is Cc1cc(-c2ccc(NC(=O)c3ccc4c(c3)C(=O)OC4=O)c(C)c2)ccc1NC(=O)c1ccc2c(c1)C(=O)OC2=O. The van der Waals surface area contributed by atoms with Gasteiger partial charge in [-0.2, -0.15) is 0 Å². The summed E-state index contributed by atoms with van der Waals surface area (Å²) in [6.45, 7) is 3.69. The minimum atomic E-state index is -0.779. The van der Waals surface area contributed by atoms with Crippen LogP contribution >= 0.6 is 0 Å². The highest BCUT2D eigenvalue weighted by Crippen LogP contribution is 2.29. The molecule has 2 N–H and O–H groups in total. The number of rotatable bonds is 5. The van der Waals surface area contributed by atoms with E-state index in [1.165, 1.54) is 36.4 Å². The van der Waals surface area contributed by atoms with Gasteiger partial charge in [-0.15, -0.1) is 0 Å². The molecule has 0 saturated heterocycles. The van der Waals surface area contributed by atoms with Crippen LogP contribution in [0.4, 0.5) is 11.4 Å². The fourth-order valence-corrected chi connectivity index (χ4v) is 4.81. The van der Waals surface area contributed by atoms with Crippen molar-refractivity contribution >= 4 is 47.1 Å². The number of cyclic esters (lactones) is 4. The Morgan fingerprint density at radius 1 is 0.500 bits per heavy atom. The molecule has 10 nitrogen and oxygen atoms in total. The Hall–Kier alpha value is -5.90. The molecule has 4 aromatic carbocycles. The molecule has 0 bridgehead atoms. The molecule has 2 aliphatic rings. The second-order valence-electron chi connectivity index (χ2n) is 9.84.